The highest BCUT2D eigenvalue weighted by Gasteiger charge is 2.27. The van der Waals surface area contributed by atoms with Crippen LogP contribution in [-0.2, 0) is 30.7 Å². The van der Waals surface area contributed by atoms with Crippen molar-refractivity contribution in [1.82, 2.24) is 20.0 Å². The third-order valence-electron chi connectivity index (χ3n) is 5.02. The van der Waals surface area contributed by atoms with Gasteiger partial charge >= 0.3 is 0 Å². The standard InChI is InChI=1S/C20H28N4O2S/c1-5-8-24-12-16(13(2)22-24)11-21-19(25)14-6-7-17-15(9-14)10-18(27-17)20(26)23(3)4/h10,12,14H,5-9,11H2,1-4H3,(H,21,25)/t14-/m0/s1. The lowest BCUT2D eigenvalue weighted by molar-refractivity contribution is -0.125. The van der Waals surface area contributed by atoms with Crippen LogP contribution in [0.2, 0.25) is 0 Å². The minimum Gasteiger partial charge on any atom is -0.352 e. The van der Waals surface area contributed by atoms with Crippen LogP contribution in [0.3, 0.4) is 0 Å². The number of carbonyl (C=O) groups excluding carboxylic acids is 2. The molecule has 0 saturated carbocycles. The maximum absolute atomic E-state index is 12.7. The molecule has 2 heterocycles. The summed E-state index contributed by atoms with van der Waals surface area (Å²) >= 11 is 1.57. The summed E-state index contributed by atoms with van der Waals surface area (Å²) in [5.41, 5.74) is 3.20. The smallest absolute Gasteiger partial charge is 0.263 e. The number of aryl methyl sites for hydroxylation is 3. The summed E-state index contributed by atoms with van der Waals surface area (Å²) in [6.07, 6.45) is 5.48. The first-order valence-electron chi connectivity index (χ1n) is 9.53. The summed E-state index contributed by atoms with van der Waals surface area (Å²) in [5.74, 6) is 0.102. The van der Waals surface area contributed by atoms with E-state index in [2.05, 4.69) is 17.3 Å². The highest BCUT2D eigenvalue weighted by Crippen LogP contribution is 2.33. The van der Waals surface area contributed by atoms with Crippen molar-refractivity contribution < 1.29 is 9.59 Å². The minimum atomic E-state index is -0.0274. The van der Waals surface area contributed by atoms with Gasteiger partial charge in [0.25, 0.3) is 5.91 Å². The van der Waals surface area contributed by atoms with Crippen LogP contribution < -0.4 is 5.32 Å². The summed E-state index contributed by atoms with van der Waals surface area (Å²) in [7, 11) is 3.53. The van der Waals surface area contributed by atoms with Gasteiger partial charge in [0.15, 0.2) is 0 Å². The summed E-state index contributed by atoms with van der Waals surface area (Å²) in [4.78, 5) is 28.4. The van der Waals surface area contributed by atoms with E-state index in [4.69, 9.17) is 0 Å². The molecular weight excluding hydrogens is 360 g/mol. The number of hydrogen-bond donors (Lipinski definition) is 1. The lowest BCUT2D eigenvalue weighted by Crippen LogP contribution is -2.33. The van der Waals surface area contributed by atoms with Crippen molar-refractivity contribution in [1.29, 1.82) is 0 Å². The first-order chi connectivity index (χ1) is 12.9. The molecule has 3 rings (SSSR count). The Kier molecular flexibility index (Phi) is 5.99. The van der Waals surface area contributed by atoms with Crippen LogP contribution >= 0.6 is 11.3 Å². The zero-order valence-electron chi connectivity index (χ0n) is 16.5. The molecule has 2 aromatic rings. The molecule has 0 fully saturated rings. The SMILES string of the molecule is CCCn1cc(CNC(=O)[C@H]2CCc3sc(C(=O)N(C)C)cc3C2)c(C)n1. The fourth-order valence-electron chi connectivity index (χ4n) is 3.48. The largest absolute Gasteiger partial charge is 0.352 e. The number of nitrogens with zero attached hydrogens (tertiary/aromatic N) is 3. The molecule has 1 aliphatic carbocycles. The summed E-state index contributed by atoms with van der Waals surface area (Å²) < 4.78 is 1.94. The molecule has 0 bridgehead atoms. The predicted molar refractivity (Wildman–Crippen MR) is 107 cm³/mol. The molecule has 1 aliphatic rings. The Bertz CT molecular complexity index is 837. The number of thiophene rings is 1. The topological polar surface area (TPSA) is 67.2 Å². The first-order valence-corrected chi connectivity index (χ1v) is 10.3. The molecule has 0 unspecified atom stereocenters. The minimum absolute atomic E-state index is 0.0274. The quantitative estimate of drug-likeness (QED) is 0.827. The van der Waals surface area contributed by atoms with Crippen molar-refractivity contribution in [2.45, 2.75) is 52.6 Å². The van der Waals surface area contributed by atoms with Gasteiger partial charge in [-0.05, 0) is 44.2 Å². The molecule has 27 heavy (non-hydrogen) atoms. The number of nitrogens with one attached hydrogen (secondary N) is 1. The Balaban J connectivity index is 1.60. The molecule has 1 atom stereocenters. The van der Waals surface area contributed by atoms with Crippen molar-refractivity contribution in [3.63, 3.8) is 0 Å². The first kappa shape index (κ1) is 19.6. The van der Waals surface area contributed by atoms with E-state index in [1.54, 1.807) is 30.3 Å². The number of amides is 2. The molecule has 2 aromatic heterocycles. The number of hydrogen-bond acceptors (Lipinski definition) is 4. The van der Waals surface area contributed by atoms with Gasteiger partial charge in [-0.1, -0.05) is 6.92 Å². The van der Waals surface area contributed by atoms with Crippen LogP contribution in [0.1, 0.15) is 51.1 Å². The maximum atomic E-state index is 12.7. The molecular formula is C20H28N4O2S. The van der Waals surface area contributed by atoms with E-state index in [1.807, 2.05) is 23.9 Å². The monoisotopic (exact) mass is 388 g/mol. The average Bonchev–Trinajstić information content (AvgIpc) is 3.21. The highest BCUT2D eigenvalue weighted by atomic mass is 32.1. The van der Waals surface area contributed by atoms with E-state index in [0.717, 1.165) is 47.5 Å². The van der Waals surface area contributed by atoms with E-state index < -0.39 is 0 Å². The Hall–Kier alpha value is -2.15. The lowest BCUT2D eigenvalue weighted by Gasteiger charge is -2.21. The number of fused-ring (bicyclic) bond motifs is 1. The lowest BCUT2D eigenvalue weighted by atomic mass is 9.87. The molecule has 7 heteroatoms. The van der Waals surface area contributed by atoms with E-state index in [-0.39, 0.29) is 17.7 Å². The summed E-state index contributed by atoms with van der Waals surface area (Å²) in [5, 5.41) is 7.56. The van der Waals surface area contributed by atoms with Gasteiger partial charge in [-0.25, -0.2) is 0 Å². The third-order valence-corrected chi connectivity index (χ3v) is 6.25. The van der Waals surface area contributed by atoms with Gasteiger partial charge in [0.1, 0.15) is 0 Å². The second-order valence-electron chi connectivity index (χ2n) is 7.42. The number of carbonyl (C=O) groups is 2. The Morgan fingerprint density at radius 2 is 2.19 bits per heavy atom. The van der Waals surface area contributed by atoms with Gasteiger partial charge in [-0.15, -0.1) is 11.3 Å². The van der Waals surface area contributed by atoms with Crippen LogP contribution in [0.5, 0.6) is 0 Å². The van der Waals surface area contributed by atoms with Crippen LogP contribution in [-0.4, -0.2) is 40.6 Å². The van der Waals surface area contributed by atoms with Crippen LogP contribution in [0.15, 0.2) is 12.3 Å². The fourth-order valence-corrected chi connectivity index (χ4v) is 4.71. The summed E-state index contributed by atoms with van der Waals surface area (Å²) in [6.45, 7) is 5.52. The zero-order valence-corrected chi connectivity index (χ0v) is 17.4. The van der Waals surface area contributed by atoms with Crippen LogP contribution in [0.25, 0.3) is 0 Å². The van der Waals surface area contributed by atoms with Crippen LogP contribution in [0.4, 0.5) is 0 Å². The van der Waals surface area contributed by atoms with Crippen molar-refractivity contribution in [2.24, 2.45) is 5.92 Å². The molecule has 146 valence electrons. The average molecular weight is 389 g/mol. The molecule has 6 nitrogen and oxygen atoms in total. The number of aromatic nitrogens is 2. The van der Waals surface area contributed by atoms with Gasteiger partial charge < -0.3 is 10.2 Å². The van der Waals surface area contributed by atoms with Crippen molar-refractivity contribution >= 4 is 23.2 Å². The number of rotatable bonds is 6. The van der Waals surface area contributed by atoms with Gasteiger partial charge in [0, 0.05) is 49.7 Å². The second kappa shape index (κ2) is 8.25. The van der Waals surface area contributed by atoms with Crippen molar-refractivity contribution in [3.05, 3.63) is 38.8 Å². The maximum Gasteiger partial charge on any atom is 0.263 e. The molecule has 0 spiro atoms. The molecule has 1 N–H and O–H groups in total. The second-order valence-corrected chi connectivity index (χ2v) is 8.56. The van der Waals surface area contributed by atoms with Crippen LogP contribution in [0, 0.1) is 12.8 Å². The third kappa shape index (κ3) is 4.40. The summed E-state index contributed by atoms with van der Waals surface area (Å²) in [6, 6.07) is 1.97. The van der Waals surface area contributed by atoms with E-state index >= 15 is 0 Å². The fraction of sp³-hybridized carbons (Fsp3) is 0.550. The molecule has 2 amide bonds. The van der Waals surface area contributed by atoms with Crippen molar-refractivity contribution in [3.8, 4) is 0 Å². The zero-order chi connectivity index (χ0) is 19.6. The Morgan fingerprint density at radius 3 is 2.89 bits per heavy atom. The van der Waals surface area contributed by atoms with E-state index in [9.17, 15) is 9.59 Å². The predicted octanol–water partition coefficient (Wildman–Crippen LogP) is 2.79. The van der Waals surface area contributed by atoms with Gasteiger partial charge in [-0.3, -0.25) is 14.3 Å². The van der Waals surface area contributed by atoms with Gasteiger partial charge in [0.2, 0.25) is 5.91 Å². The normalized spacial score (nSPS) is 16.1. The Morgan fingerprint density at radius 1 is 1.41 bits per heavy atom. The van der Waals surface area contributed by atoms with Gasteiger partial charge in [-0.2, -0.15) is 5.10 Å². The highest BCUT2D eigenvalue weighted by molar-refractivity contribution is 7.14. The van der Waals surface area contributed by atoms with Gasteiger partial charge in [0.05, 0.1) is 10.6 Å². The Labute approximate surface area is 164 Å². The van der Waals surface area contributed by atoms with E-state index in [0.29, 0.717) is 13.0 Å². The molecule has 0 saturated heterocycles. The molecule has 0 radical (unpaired) electrons. The molecule has 0 aliphatic heterocycles. The van der Waals surface area contributed by atoms with E-state index in [1.165, 1.54) is 4.88 Å². The molecule has 0 aromatic carbocycles. The van der Waals surface area contributed by atoms with Crippen molar-refractivity contribution in [2.75, 3.05) is 14.1 Å².